The van der Waals surface area contributed by atoms with E-state index in [1.54, 1.807) is 12.3 Å². The molecule has 3 aromatic rings. The minimum Gasteiger partial charge on any atom is -0.323 e. The maximum atomic E-state index is 13.2. The molecule has 7 heteroatoms. The first-order chi connectivity index (χ1) is 12.9. The predicted molar refractivity (Wildman–Crippen MR) is 94.5 cm³/mol. The average molecular weight is 371 g/mol. The third-order valence-electron chi connectivity index (χ3n) is 4.83. The lowest BCUT2D eigenvalue weighted by Gasteiger charge is -2.19. The van der Waals surface area contributed by atoms with Gasteiger partial charge in [0.25, 0.3) is 0 Å². The van der Waals surface area contributed by atoms with Crippen molar-refractivity contribution in [3.8, 4) is 5.69 Å². The van der Waals surface area contributed by atoms with Crippen LogP contribution in [0.1, 0.15) is 24.0 Å². The fourth-order valence-corrected chi connectivity index (χ4v) is 3.19. The second kappa shape index (κ2) is 6.26. The first kappa shape index (κ1) is 17.3. The Morgan fingerprint density at radius 2 is 1.81 bits per heavy atom. The van der Waals surface area contributed by atoms with Crippen LogP contribution in [0.5, 0.6) is 0 Å². The molecule has 0 unspecified atom stereocenters. The largest absolute Gasteiger partial charge is 0.416 e. The monoisotopic (exact) mass is 371 g/mol. The molecule has 0 radical (unpaired) electrons. The highest BCUT2D eigenvalue weighted by Gasteiger charge is 2.51. The number of anilines is 1. The van der Waals surface area contributed by atoms with E-state index in [1.165, 1.54) is 16.9 Å². The maximum Gasteiger partial charge on any atom is 0.416 e. The number of halogens is 3. The highest BCUT2D eigenvalue weighted by Crippen LogP contribution is 2.49. The summed E-state index contributed by atoms with van der Waals surface area (Å²) in [6.45, 7) is 0. The topological polar surface area (TPSA) is 46.9 Å². The lowest BCUT2D eigenvalue weighted by molar-refractivity contribution is -0.137. The van der Waals surface area contributed by atoms with Crippen molar-refractivity contribution in [2.24, 2.45) is 0 Å². The van der Waals surface area contributed by atoms with Gasteiger partial charge in [0.1, 0.15) is 0 Å². The van der Waals surface area contributed by atoms with Gasteiger partial charge in [-0.05, 0) is 42.7 Å². The molecule has 4 rings (SSSR count). The molecule has 0 saturated heterocycles. The molecule has 1 aliphatic carbocycles. The van der Waals surface area contributed by atoms with Gasteiger partial charge in [-0.15, -0.1) is 0 Å². The smallest absolute Gasteiger partial charge is 0.323 e. The summed E-state index contributed by atoms with van der Waals surface area (Å²) in [6, 6.07) is 14.2. The lowest BCUT2D eigenvalue weighted by Crippen LogP contribution is -2.28. The summed E-state index contributed by atoms with van der Waals surface area (Å²) in [4.78, 5) is 13.0. The molecule has 0 spiro atoms. The number of amides is 1. The Morgan fingerprint density at radius 1 is 1.07 bits per heavy atom. The molecule has 1 N–H and O–H groups in total. The number of alkyl halides is 3. The van der Waals surface area contributed by atoms with Gasteiger partial charge >= 0.3 is 6.18 Å². The van der Waals surface area contributed by atoms with Crippen LogP contribution in [-0.2, 0) is 16.4 Å². The summed E-state index contributed by atoms with van der Waals surface area (Å²) in [7, 11) is 0. The Balaban J connectivity index is 1.71. The van der Waals surface area contributed by atoms with Crippen LogP contribution in [0.4, 0.5) is 18.9 Å². The number of hydrogen-bond acceptors (Lipinski definition) is 2. The van der Waals surface area contributed by atoms with Crippen LogP contribution in [0.3, 0.4) is 0 Å². The van der Waals surface area contributed by atoms with Crippen molar-refractivity contribution in [1.29, 1.82) is 0 Å². The fraction of sp³-hybridized carbons (Fsp3) is 0.200. The van der Waals surface area contributed by atoms with Crippen molar-refractivity contribution in [3.05, 3.63) is 78.1 Å². The van der Waals surface area contributed by atoms with Gasteiger partial charge in [-0.1, -0.05) is 30.3 Å². The number of carbonyl (C=O) groups is 1. The molecule has 0 bridgehead atoms. The molecule has 2 aromatic carbocycles. The molecule has 1 amide bonds. The maximum absolute atomic E-state index is 13.2. The van der Waals surface area contributed by atoms with Crippen molar-refractivity contribution in [3.63, 3.8) is 0 Å². The van der Waals surface area contributed by atoms with Gasteiger partial charge in [0.05, 0.1) is 22.4 Å². The van der Waals surface area contributed by atoms with Gasteiger partial charge in [0.2, 0.25) is 5.91 Å². The first-order valence-electron chi connectivity index (χ1n) is 8.48. The zero-order valence-corrected chi connectivity index (χ0v) is 14.2. The van der Waals surface area contributed by atoms with Crippen molar-refractivity contribution < 1.29 is 18.0 Å². The van der Waals surface area contributed by atoms with Crippen molar-refractivity contribution in [1.82, 2.24) is 9.78 Å². The molecule has 4 nitrogen and oxygen atoms in total. The Bertz CT molecular complexity index is 962. The molecule has 1 saturated carbocycles. The molecule has 0 aliphatic heterocycles. The molecular formula is C20H16F3N3O. The molecule has 138 valence electrons. The van der Waals surface area contributed by atoms with Gasteiger partial charge < -0.3 is 5.32 Å². The minimum atomic E-state index is -4.50. The summed E-state index contributed by atoms with van der Waals surface area (Å²) in [5.41, 5.74) is -0.170. The standard InChI is InChI=1S/C20H16F3N3O/c21-20(22,23)15-7-8-17(26-12-4-11-24-26)16(13-15)25-18(27)19(9-10-19)14-5-2-1-3-6-14/h1-8,11-13H,9-10H2,(H,25,27). The van der Waals surface area contributed by atoms with E-state index >= 15 is 0 Å². The lowest BCUT2D eigenvalue weighted by atomic mass is 9.95. The summed E-state index contributed by atoms with van der Waals surface area (Å²) < 4.78 is 40.9. The Labute approximate surface area is 153 Å². The quantitative estimate of drug-likeness (QED) is 0.731. The highest BCUT2D eigenvalue weighted by atomic mass is 19.4. The van der Waals surface area contributed by atoms with E-state index in [4.69, 9.17) is 0 Å². The van der Waals surface area contributed by atoms with E-state index in [0.717, 1.165) is 17.7 Å². The Kier molecular flexibility index (Phi) is 4.02. The van der Waals surface area contributed by atoms with Gasteiger partial charge in [-0.2, -0.15) is 18.3 Å². The Hall–Kier alpha value is -3.09. The van der Waals surface area contributed by atoms with Crippen LogP contribution in [0.15, 0.2) is 67.0 Å². The summed E-state index contributed by atoms with van der Waals surface area (Å²) in [6.07, 6.45) is -0.0331. The van der Waals surface area contributed by atoms with Gasteiger partial charge in [0, 0.05) is 12.4 Å². The molecule has 1 heterocycles. The number of nitrogens with zero attached hydrogens (tertiary/aromatic N) is 2. The number of aromatic nitrogens is 2. The average Bonchev–Trinajstić information content (AvgIpc) is 3.29. The molecule has 27 heavy (non-hydrogen) atoms. The van der Waals surface area contributed by atoms with Crippen molar-refractivity contribution in [2.75, 3.05) is 5.32 Å². The third-order valence-corrected chi connectivity index (χ3v) is 4.83. The van der Waals surface area contributed by atoms with Crippen LogP contribution >= 0.6 is 0 Å². The molecule has 0 atom stereocenters. The number of carbonyl (C=O) groups excluding carboxylic acids is 1. The van der Waals surface area contributed by atoms with E-state index in [0.29, 0.717) is 18.5 Å². The molecule has 1 aliphatic rings. The van der Waals surface area contributed by atoms with Gasteiger partial charge in [-0.3, -0.25) is 4.79 Å². The second-order valence-electron chi connectivity index (χ2n) is 6.58. The Morgan fingerprint density at radius 3 is 2.41 bits per heavy atom. The predicted octanol–water partition coefficient (Wildman–Crippen LogP) is 4.56. The number of benzene rings is 2. The minimum absolute atomic E-state index is 0.0840. The van der Waals surface area contributed by atoms with Crippen LogP contribution in [0, 0.1) is 0 Å². The van der Waals surface area contributed by atoms with Crippen LogP contribution in [-0.4, -0.2) is 15.7 Å². The SMILES string of the molecule is O=C(Nc1cc(C(F)(F)F)ccc1-n1cccn1)C1(c2ccccc2)CC1. The molecule has 1 fully saturated rings. The van der Waals surface area contributed by atoms with Gasteiger partial charge in [0.15, 0.2) is 0 Å². The zero-order chi connectivity index (χ0) is 19.1. The zero-order valence-electron chi connectivity index (χ0n) is 14.2. The molecular weight excluding hydrogens is 355 g/mol. The van der Waals surface area contributed by atoms with Crippen molar-refractivity contribution >= 4 is 11.6 Å². The first-order valence-corrected chi connectivity index (χ1v) is 8.48. The normalized spacial score (nSPS) is 15.4. The van der Waals surface area contributed by atoms with Crippen LogP contribution in [0.25, 0.3) is 5.69 Å². The number of nitrogens with one attached hydrogen (secondary N) is 1. The number of rotatable bonds is 4. The van der Waals surface area contributed by atoms with E-state index in [1.807, 2.05) is 30.3 Å². The fourth-order valence-electron chi connectivity index (χ4n) is 3.19. The van der Waals surface area contributed by atoms with E-state index < -0.39 is 17.2 Å². The second-order valence-corrected chi connectivity index (χ2v) is 6.58. The summed E-state index contributed by atoms with van der Waals surface area (Å²) in [5, 5.41) is 6.78. The van der Waals surface area contributed by atoms with Gasteiger partial charge in [-0.25, -0.2) is 4.68 Å². The third kappa shape index (κ3) is 3.20. The van der Waals surface area contributed by atoms with E-state index in [-0.39, 0.29) is 11.6 Å². The highest BCUT2D eigenvalue weighted by molar-refractivity contribution is 6.02. The molecule has 1 aromatic heterocycles. The number of hydrogen-bond donors (Lipinski definition) is 1. The van der Waals surface area contributed by atoms with Crippen LogP contribution in [0.2, 0.25) is 0 Å². The summed E-state index contributed by atoms with van der Waals surface area (Å²) >= 11 is 0. The van der Waals surface area contributed by atoms with E-state index in [2.05, 4.69) is 10.4 Å². The van der Waals surface area contributed by atoms with Crippen molar-refractivity contribution in [2.45, 2.75) is 24.4 Å². The van der Waals surface area contributed by atoms with Crippen LogP contribution < -0.4 is 5.32 Å². The van der Waals surface area contributed by atoms with E-state index in [9.17, 15) is 18.0 Å². The summed E-state index contributed by atoms with van der Waals surface area (Å²) in [5.74, 6) is -0.304.